The molecule has 0 saturated carbocycles. The fourth-order valence-corrected chi connectivity index (χ4v) is 1.51. The molecule has 6 nitrogen and oxygen atoms in total. The van der Waals surface area contributed by atoms with Gasteiger partial charge in [0.25, 0.3) is 0 Å². The van der Waals surface area contributed by atoms with Crippen LogP contribution in [0.5, 0.6) is 0 Å². The number of esters is 2. The molecule has 0 aliphatic carbocycles. The first-order chi connectivity index (χ1) is 9.23. The Labute approximate surface area is 117 Å². The number of carbonyl (C=O) groups excluding carboxylic acids is 2. The predicted octanol–water partition coefficient (Wildman–Crippen LogP) is 2.43. The van der Waals surface area contributed by atoms with E-state index >= 15 is 0 Å². The molecule has 1 rings (SSSR count). The highest BCUT2D eigenvalue weighted by atomic mass is 16.6. The van der Waals surface area contributed by atoms with Crippen LogP contribution in [-0.2, 0) is 19.1 Å². The number of carbonyl (C=O) groups is 2. The monoisotopic (exact) mass is 281 g/mol. The number of rotatable bonds is 4. The molecule has 1 atom stereocenters. The Hall–Kier alpha value is -2.08. The zero-order valence-electron chi connectivity index (χ0n) is 12.0. The second kappa shape index (κ2) is 6.38. The van der Waals surface area contributed by atoms with Gasteiger partial charge in [-0.25, -0.2) is 4.79 Å². The standard InChI is InChI=1S/C14H19NO5/c1-9(16)19-12(13(17)20-14(2,3)4)10-5-7-11(15-18)8-6-10/h5-8,12,15,18H,1-4H3. The maximum absolute atomic E-state index is 12.1. The van der Waals surface area contributed by atoms with Crippen LogP contribution >= 0.6 is 0 Å². The smallest absolute Gasteiger partial charge is 0.352 e. The van der Waals surface area contributed by atoms with Crippen molar-refractivity contribution in [3.05, 3.63) is 29.8 Å². The average molecular weight is 281 g/mol. The maximum atomic E-state index is 12.1. The van der Waals surface area contributed by atoms with Gasteiger partial charge >= 0.3 is 11.9 Å². The Morgan fingerprint density at radius 1 is 1.20 bits per heavy atom. The minimum Gasteiger partial charge on any atom is -0.457 e. The fourth-order valence-electron chi connectivity index (χ4n) is 1.51. The molecule has 0 saturated heterocycles. The zero-order chi connectivity index (χ0) is 15.3. The van der Waals surface area contributed by atoms with E-state index in [2.05, 4.69) is 0 Å². The lowest BCUT2D eigenvalue weighted by Gasteiger charge is -2.24. The first-order valence-corrected chi connectivity index (χ1v) is 6.13. The van der Waals surface area contributed by atoms with E-state index in [4.69, 9.17) is 14.7 Å². The number of hydrogen-bond donors (Lipinski definition) is 2. The van der Waals surface area contributed by atoms with Gasteiger partial charge in [0.15, 0.2) is 0 Å². The van der Waals surface area contributed by atoms with Crippen molar-refractivity contribution in [1.82, 2.24) is 0 Å². The molecule has 1 unspecified atom stereocenters. The van der Waals surface area contributed by atoms with E-state index < -0.39 is 23.6 Å². The van der Waals surface area contributed by atoms with Crippen LogP contribution in [0.25, 0.3) is 0 Å². The van der Waals surface area contributed by atoms with Crippen molar-refractivity contribution in [2.24, 2.45) is 0 Å². The van der Waals surface area contributed by atoms with Gasteiger partial charge in [0, 0.05) is 12.5 Å². The summed E-state index contributed by atoms with van der Waals surface area (Å²) in [4.78, 5) is 23.2. The SMILES string of the molecule is CC(=O)OC(C(=O)OC(C)(C)C)c1ccc(NO)cc1. The Kier molecular flexibility index (Phi) is 5.10. The van der Waals surface area contributed by atoms with Gasteiger partial charge in [-0.1, -0.05) is 12.1 Å². The highest BCUT2D eigenvalue weighted by Crippen LogP contribution is 2.23. The fraction of sp³-hybridized carbons (Fsp3) is 0.429. The van der Waals surface area contributed by atoms with E-state index in [1.165, 1.54) is 6.92 Å². The second-order valence-corrected chi connectivity index (χ2v) is 5.26. The molecule has 0 radical (unpaired) electrons. The lowest BCUT2D eigenvalue weighted by atomic mass is 10.1. The molecule has 0 heterocycles. The van der Waals surface area contributed by atoms with E-state index in [9.17, 15) is 9.59 Å². The molecule has 20 heavy (non-hydrogen) atoms. The Morgan fingerprint density at radius 3 is 2.15 bits per heavy atom. The summed E-state index contributed by atoms with van der Waals surface area (Å²) in [6.07, 6.45) is -1.13. The third kappa shape index (κ3) is 4.89. The summed E-state index contributed by atoms with van der Waals surface area (Å²) >= 11 is 0. The third-order valence-electron chi connectivity index (χ3n) is 2.25. The molecule has 6 heteroatoms. The summed E-state index contributed by atoms with van der Waals surface area (Å²) in [5.41, 5.74) is 2.22. The van der Waals surface area contributed by atoms with Gasteiger partial charge < -0.3 is 9.47 Å². The Bertz CT molecular complexity index is 475. The van der Waals surface area contributed by atoms with Crippen LogP contribution in [0.4, 0.5) is 5.69 Å². The van der Waals surface area contributed by atoms with Gasteiger partial charge in [-0.3, -0.25) is 15.5 Å². The largest absolute Gasteiger partial charge is 0.457 e. The lowest BCUT2D eigenvalue weighted by Crippen LogP contribution is -2.29. The molecule has 110 valence electrons. The van der Waals surface area contributed by atoms with Crippen molar-refractivity contribution in [3.63, 3.8) is 0 Å². The van der Waals surface area contributed by atoms with Gasteiger partial charge in [0.05, 0.1) is 5.69 Å². The summed E-state index contributed by atoms with van der Waals surface area (Å²) in [5, 5.41) is 8.75. The number of hydrogen-bond acceptors (Lipinski definition) is 6. The summed E-state index contributed by atoms with van der Waals surface area (Å²) in [7, 11) is 0. The van der Waals surface area contributed by atoms with Crippen molar-refractivity contribution in [2.75, 3.05) is 5.48 Å². The van der Waals surface area contributed by atoms with Crippen LogP contribution in [0, 0.1) is 0 Å². The third-order valence-corrected chi connectivity index (χ3v) is 2.25. The molecule has 0 aromatic heterocycles. The topological polar surface area (TPSA) is 84.9 Å². The Balaban J connectivity index is 2.98. The Morgan fingerprint density at radius 2 is 1.75 bits per heavy atom. The van der Waals surface area contributed by atoms with E-state index in [-0.39, 0.29) is 0 Å². The van der Waals surface area contributed by atoms with E-state index in [1.54, 1.807) is 45.0 Å². The quantitative estimate of drug-likeness (QED) is 0.651. The lowest BCUT2D eigenvalue weighted by molar-refractivity contribution is -0.175. The number of anilines is 1. The summed E-state index contributed by atoms with van der Waals surface area (Å²) < 4.78 is 10.3. The van der Waals surface area contributed by atoms with Gasteiger partial charge in [-0.2, -0.15) is 0 Å². The van der Waals surface area contributed by atoms with Crippen LogP contribution < -0.4 is 5.48 Å². The van der Waals surface area contributed by atoms with Gasteiger partial charge in [-0.05, 0) is 32.9 Å². The highest BCUT2D eigenvalue weighted by Gasteiger charge is 2.29. The van der Waals surface area contributed by atoms with E-state index in [0.717, 1.165) is 0 Å². The molecule has 0 spiro atoms. The van der Waals surface area contributed by atoms with Gasteiger partial charge in [-0.15, -0.1) is 0 Å². The minimum absolute atomic E-state index is 0.458. The van der Waals surface area contributed by atoms with E-state index in [1.807, 2.05) is 5.48 Å². The number of benzene rings is 1. The van der Waals surface area contributed by atoms with Crippen LogP contribution in [-0.4, -0.2) is 22.7 Å². The molecule has 1 aromatic rings. The molecule has 2 N–H and O–H groups in total. The molecule has 0 aliphatic heterocycles. The molecule has 0 fully saturated rings. The van der Waals surface area contributed by atoms with Gasteiger partial charge in [0.2, 0.25) is 6.10 Å². The van der Waals surface area contributed by atoms with Crippen molar-refractivity contribution >= 4 is 17.6 Å². The minimum atomic E-state index is -1.13. The molecule has 0 bridgehead atoms. The predicted molar refractivity (Wildman–Crippen MR) is 72.2 cm³/mol. The van der Waals surface area contributed by atoms with Crippen LogP contribution in [0.2, 0.25) is 0 Å². The van der Waals surface area contributed by atoms with Crippen LogP contribution in [0.15, 0.2) is 24.3 Å². The summed E-state index contributed by atoms with van der Waals surface area (Å²) in [6, 6.07) is 6.23. The molecule has 1 aromatic carbocycles. The zero-order valence-corrected chi connectivity index (χ0v) is 12.0. The molecule has 0 amide bonds. The first-order valence-electron chi connectivity index (χ1n) is 6.13. The van der Waals surface area contributed by atoms with Crippen molar-refractivity contribution in [3.8, 4) is 0 Å². The van der Waals surface area contributed by atoms with Gasteiger partial charge in [0.1, 0.15) is 5.60 Å². The highest BCUT2D eigenvalue weighted by molar-refractivity contribution is 5.80. The number of nitrogens with one attached hydrogen (secondary N) is 1. The summed E-state index contributed by atoms with van der Waals surface area (Å²) in [5.74, 6) is -1.22. The molecule has 0 aliphatic rings. The average Bonchev–Trinajstić information content (AvgIpc) is 2.34. The van der Waals surface area contributed by atoms with Crippen molar-refractivity contribution < 1.29 is 24.3 Å². The first kappa shape index (κ1) is 16.0. The molecular weight excluding hydrogens is 262 g/mol. The van der Waals surface area contributed by atoms with Crippen LogP contribution in [0.3, 0.4) is 0 Å². The van der Waals surface area contributed by atoms with Crippen LogP contribution in [0.1, 0.15) is 39.4 Å². The normalized spacial score (nSPS) is 12.4. The van der Waals surface area contributed by atoms with E-state index in [0.29, 0.717) is 11.3 Å². The van der Waals surface area contributed by atoms with Crippen molar-refractivity contribution in [2.45, 2.75) is 39.4 Å². The maximum Gasteiger partial charge on any atom is 0.352 e. The summed E-state index contributed by atoms with van der Waals surface area (Å²) in [6.45, 7) is 6.42. The molecular formula is C14H19NO5. The van der Waals surface area contributed by atoms with Crippen molar-refractivity contribution in [1.29, 1.82) is 0 Å². The second-order valence-electron chi connectivity index (χ2n) is 5.26. The number of ether oxygens (including phenoxy) is 2.